The maximum atomic E-state index is 8.35. The monoisotopic (exact) mass is 133 g/mol. The second-order valence-corrected chi connectivity index (χ2v) is 0.984. The first-order valence-electron chi connectivity index (χ1n) is 1.79. The first-order valence-corrected chi connectivity index (χ1v) is 2.52. The molecule has 0 radical (unpaired) electrons. The number of thiol groups is 1. The van der Waals surface area contributed by atoms with Gasteiger partial charge < -0.3 is 13.4 Å². The minimum Gasteiger partial charge on any atom is -0.427 e. The summed E-state index contributed by atoms with van der Waals surface area (Å²) in [5.41, 5.74) is 0. The average Bonchev–Trinajstić information content (AvgIpc) is 2.17. The Morgan fingerprint density at radius 2 is 2.12 bits per heavy atom. The molecule has 1 rings (SSSR count). The summed E-state index contributed by atoms with van der Waals surface area (Å²) in [6, 6.07) is 0. The summed E-state index contributed by atoms with van der Waals surface area (Å²) in [4.78, 5) is 6.42. The molecule has 0 aliphatic carbocycles. The number of nitrogens with zero attached hydrogens (tertiary/aromatic N) is 1. The molecular weight excluding hydrogens is 128 g/mol. The van der Waals surface area contributed by atoms with Crippen LogP contribution in [0.4, 0.5) is 0 Å². The molecule has 0 aliphatic rings. The van der Waals surface area contributed by atoms with Crippen molar-refractivity contribution in [2.45, 2.75) is 0 Å². The summed E-state index contributed by atoms with van der Waals surface area (Å²) in [6.07, 6.45) is 5.08. The van der Waals surface area contributed by atoms with Crippen LogP contribution >= 0.6 is 0 Å². The van der Waals surface area contributed by atoms with Crippen molar-refractivity contribution in [3.63, 3.8) is 0 Å². The normalized spacial score (nSPS) is 7.00. The Bertz CT molecular complexity index is 127. The van der Waals surface area contributed by atoms with Crippen LogP contribution in [0.15, 0.2) is 18.7 Å². The fourth-order valence-electron chi connectivity index (χ4n) is 0.215. The van der Waals surface area contributed by atoms with Gasteiger partial charge in [0.2, 0.25) is 0 Å². The second kappa shape index (κ2) is 6.16. The number of aromatic amines is 1. The zero-order chi connectivity index (χ0) is 6.24. The minimum absolute atomic E-state index is 1.08. The zero-order valence-corrected chi connectivity index (χ0v) is 4.84. The summed E-state index contributed by atoms with van der Waals surface area (Å²) in [5.74, 6) is 0. The Hall–Kier alpha value is -0.840. The largest absolute Gasteiger partial charge is 0.427 e. The molecule has 0 unspecified atom stereocenters. The molecule has 46 valence electrons. The summed E-state index contributed by atoms with van der Waals surface area (Å²) in [7, 11) is 0. The Kier molecular flexibility index (Phi) is 5.51. The van der Waals surface area contributed by atoms with Crippen molar-refractivity contribution in [3.8, 4) is 0 Å². The predicted molar refractivity (Wildman–Crippen MR) is 28.7 cm³/mol. The van der Waals surface area contributed by atoms with Gasteiger partial charge in [0.05, 0.1) is 6.33 Å². The molecule has 0 aromatic carbocycles. The Morgan fingerprint density at radius 1 is 1.50 bits per heavy atom. The topological polar surface area (TPSA) is 62.8 Å². The Balaban J connectivity index is 0.000000145. The number of H-pyrrole nitrogens is 1. The fraction of sp³-hybridized carbons (Fsp3) is 0. The van der Waals surface area contributed by atoms with E-state index in [1.54, 1.807) is 18.7 Å². The summed E-state index contributed by atoms with van der Waals surface area (Å²) in [6.45, 7) is 0. The number of nitrogens with one attached hydrogen (secondary N) is 1. The van der Waals surface area contributed by atoms with Crippen molar-refractivity contribution in [1.29, 1.82) is 0 Å². The highest BCUT2D eigenvalue weighted by atomic mass is 32.1. The van der Waals surface area contributed by atoms with E-state index in [9.17, 15) is 0 Å². The van der Waals surface area contributed by atoms with E-state index in [4.69, 9.17) is 8.42 Å². The second-order valence-electron chi connectivity index (χ2n) is 0.835. The number of aromatic nitrogens is 2. The van der Waals surface area contributed by atoms with E-state index in [-0.39, 0.29) is 0 Å². The van der Waals surface area contributed by atoms with Gasteiger partial charge in [-0.3, -0.25) is 0 Å². The quantitative estimate of drug-likeness (QED) is 0.397. The van der Waals surface area contributed by atoms with Gasteiger partial charge in [0, 0.05) is 12.4 Å². The summed E-state index contributed by atoms with van der Waals surface area (Å²) < 4.78 is 16.7. The van der Waals surface area contributed by atoms with Crippen LogP contribution in [0, 0.1) is 0 Å². The van der Waals surface area contributed by atoms with E-state index in [1.165, 1.54) is 0 Å². The molecule has 0 fully saturated rings. The zero-order valence-electron chi connectivity index (χ0n) is 3.94. The van der Waals surface area contributed by atoms with Gasteiger partial charge in [-0.25, -0.2) is 4.98 Å². The van der Waals surface area contributed by atoms with Gasteiger partial charge in [-0.05, 0) is 0 Å². The molecule has 5 heteroatoms. The van der Waals surface area contributed by atoms with Crippen molar-refractivity contribution < 1.29 is 8.42 Å². The van der Waals surface area contributed by atoms with Gasteiger partial charge >= 0.3 is 0 Å². The van der Waals surface area contributed by atoms with Crippen LogP contribution in [0.3, 0.4) is 0 Å². The van der Waals surface area contributed by atoms with Gasteiger partial charge in [-0.2, -0.15) is 0 Å². The highest BCUT2D eigenvalue weighted by Crippen LogP contribution is 1.62. The first-order chi connectivity index (χ1) is 3.91. The van der Waals surface area contributed by atoms with Crippen molar-refractivity contribution >= 4 is 11.6 Å². The maximum absolute atomic E-state index is 8.35. The van der Waals surface area contributed by atoms with Crippen LogP contribution in [0.2, 0.25) is 0 Å². The molecule has 0 saturated heterocycles. The highest BCUT2D eigenvalue weighted by Gasteiger charge is 1.56. The number of imidazole rings is 1. The third kappa shape index (κ3) is 5.16. The lowest BCUT2D eigenvalue weighted by atomic mass is 11.0. The van der Waals surface area contributed by atoms with Crippen LogP contribution in [0.5, 0.6) is 0 Å². The van der Waals surface area contributed by atoms with Crippen LogP contribution in [-0.2, 0) is 20.0 Å². The predicted octanol–water partition coefficient (Wildman–Crippen LogP) is -0.0980. The van der Waals surface area contributed by atoms with Crippen LogP contribution in [0.25, 0.3) is 0 Å². The molecule has 4 nitrogen and oxygen atoms in total. The SMILES string of the molecule is O=[SH-]=O.c1c[nH]cn1. The molecule has 8 heavy (non-hydrogen) atoms. The number of hydrogen-bond acceptors (Lipinski definition) is 4. The lowest BCUT2D eigenvalue weighted by Crippen LogP contribution is -1.44. The van der Waals surface area contributed by atoms with E-state index in [1.807, 2.05) is 0 Å². The summed E-state index contributed by atoms with van der Waals surface area (Å²) >= 11 is -1.08. The molecule has 0 spiro atoms. The van der Waals surface area contributed by atoms with E-state index < -0.39 is 11.6 Å². The van der Waals surface area contributed by atoms with Crippen LogP contribution in [-0.4, -0.2) is 9.97 Å². The fourth-order valence-corrected chi connectivity index (χ4v) is 0.215. The first kappa shape index (κ1) is 7.16. The molecule has 1 N–H and O–H groups in total. The van der Waals surface area contributed by atoms with E-state index in [0.29, 0.717) is 0 Å². The highest BCUT2D eigenvalue weighted by molar-refractivity contribution is 7.51. The van der Waals surface area contributed by atoms with Gasteiger partial charge in [-0.1, -0.05) is 11.6 Å². The van der Waals surface area contributed by atoms with E-state index in [0.717, 1.165) is 0 Å². The van der Waals surface area contributed by atoms with Gasteiger partial charge in [0.25, 0.3) is 0 Å². The third-order valence-electron chi connectivity index (χ3n) is 0.406. The lowest BCUT2D eigenvalue weighted by Gasteiger charge is -1.46. The van der Waals surface area contributed by atoms with Gasteiger partial charge in [0.1, 0.15) is 0 Å². The van der Waals surface area contributed by atoms with E-state index >= 15 is 0 Å². The molecule has 0 aliphatic heterocycles. The Morgan fingerprint density at radius 3 is 2.25 bits per heavy atom. The molecule has 0 atom stereocenters. The molecule has 1 aromatic heterocycles. The maximum Gasteiger partial charge on any atom is 0.0919 e. The lowest BCUT2D eigenvalue weighted by molar-refractivity contribution is 0.541. The minimum atomic E-state index is -1.08. The van der Waals surface area contributed by atoms with Gasteiger partial charge in [0.15, 0.2) is 0 Å². The smallest absolute Gasteiger partial charge is 0.0919 e. The van der Waals surface area contributed by atoms with Crippen molar-refractivity contribution in [1.82, 2.24) is 9.97 Å². The van der Waals surface area contributed by atoms with Gasteiger partial charge in [-0.15, -0.1) is 0 Å². The molecular formula is C3H5N2O2S-. The molecule has 0 amide bonds. The third-order valence-corrected chi connectivity index (χ3v) is 0.406. The van der Waals surface area contributed by atoms with Crippen LogP contribution < -0.4 is 0 Å². The van der Waals surface area contributed by atoms with Crippen molar-refractivity contribution in [3.05, 3.63) is 18.7 Å². The van der Waals surface area contributed by atoms with Crippen molar-refractivity contribution in [2.75, 3.05) is 0 Å². The summed E-state index contributed by atoms with van der Waals surface area (Å²) in [5, 5.41) is 0. The molecule has 1 heterocycles. The Labute approximate surface area is 49.6 Å². The standard InChI is InChI=1S/C3H4N2.HO2S/c1-2-5-3-4-1;1-3-2/h1-3H,(H,4,5);3H/q;-1. The number of rotatable bonds is 0. The average molecular weight is 133 g/mol. The van der Waals surface area contributed by atoms with Crippen LogP contribution in [0.1, 0.15) is 0 Å². The van der Waals surface area contributed by atoms with Crippen molar-refractivity contribution in [2.24, 2.45) is 0 Å². The molecule has 1 aromatic rings. The number of hydrogen-bond donors (Lipinski definition) is 1. The molecule has 0 bridgehead atoms. The molecule has 0 saturated carbocycles. The van der Waals surface area contributed by atoms with E-state index in [2.05, 4.69) is 9.97 Å².